The summed E-state index contributed by atoms with van der Waals surface area (Å²) in [5.41, 5.74) is 4.10. The molecule has 2 N–H and O–H groups in total. The molecule has 0 atom stereocenters. The fourth-order valence-electron chi connectivity index (χ4n) is 2.88. The van der Waals surface area contributed by atoms with Crippen LogP contribution in [0.1, 0.15) is 11.1 Å². The van der Waals surface area contributed by atoms with Crippen LogP contribution in [0.3, 0.4) is 0 Å². The predicted octanol–water partition coefficient (Wildman–Crippen LogP) is 4.79. The van der Waals surface area contributed by atoms with Gasteiger partial charge in [-0.1, -0.05) is 42.0 Å². The Balaban J connectivity index is 1.79. The van der Waals surface area contributed by atoms with Crippen LogP contribution >= 0.6 is 0 Å². The summed E-state index contributed by atoms with van der Waals surface area (Å²) in [4.78, 5) is 9.31. The number of fused-ring (bicyclic) bond motifs is 1. The van der Waals surface area contributed by atoms with E-state index in [9.17, 15) is 8.42 Å². The van der Waals surface area contributed by atoms with Gasteiger partial charge in [-0.2, -0.15) is 0 Å². The van der Waals surface area contributed by atoms with Crippen LogP contribution in [0.25, 0.3) is 11.0 Å². The lowest BCUT2D eigenvalue weighted by atomic mass is 10.2. The lowest BCUT2D eigenvalue weighted by Gasteiger charge is -2.14. The van der Waals surface area contributed by atoms with Crippen molar-refractivity contribution in [1.82, 2.24) is 9.97 Å². The molecule has 0 amide bonds. The van der Waals surface area contributed by atoms with E-state index in [1.165, 1.54) is 0 Å². The van der Waals surface area contributed by atoms with Crippen molar-refractivity contribution < 1.29 is 8.42 Å². The first kappa shape index (κ1) is 18.9. The van der Waals surface area contributed by atoms with Crippen molar-refractivity contribution in [1.29, 1.82) is 0 Å². The van der Waals surface area contributed by atoms with Crippen LogP contribution in [-0.4, -0.2) is 18.4 Å². The molecule has 146 valence electrons. The van der Waals surface area contributed by atoms with Gasteiger partial charge in [-0.15, -0.1) is 0 Å². The van der Waals surface area contributed by atoms with E-state index in [0.29, 0.717) is 16.9 Å². The molecule has 0 unspecified atom stereocenters. The van der Waals surface area contributed by atoms with E-state index in [2.05, 4.69) is 20.0 Å². The van der Waals surface area contributed by atoms with Crippen molar-refractivity contribution in [3.05, 3.63) is 83.9 Å². The third kappa shape index (κ3) is 4.20. The van der Waals surface area contributed by atoms with E-state index < -0.39 is 10.0 Å². The van der Waals surface area contributed by atoms with Crippen molar-refractivity contribution in [3.8, 4) is 0 Å². The molecule has 1 heterocycles. The molecular formula is C22H20N4O2S. The van der Waals surface area contributed by atoms with Gasteiger partial charge in [0, 0.05) is 5.69 Å². The van der Waals surface area contributed by atoms with E-state index >= 15 is 0 Å². The molecule has 1 aromatic heterocycles. The Morgan fingerprint density at radius 2 is 1.38 bits per heavy atom. The highest BCUT2D eigenvalue weighted by atomic mass is 32.2. The first-order valence-electron chi connectivity index (χ1n) is 9.11. The number of rotatable bonds is 5. The maximum absolute atomic E-state index is 12.9. The Bertz CT molecular complexity index is 1270. The molecule has 0 fully saturated rings. The van der Waals surface area contributed by atoms with Crippen LogP contribution in [0, 0.1) is 13.8 Å². The minimum absolute atomic E-state index is 0.144. The second kappa shape index (κ2) is 7.52. The highest BCUT2D eigenvalue weighted by Crippen LogP contribution is 2.27. The summed E-state index contributed by atoms with van der Waals surface area (Å²) in [7, 11) is -3.81. The fourth-order valence-corrected chi connectivity index (χ4v) is 3.89. The Morgan fingerprint density at radius 3 is 2.10 bits per heavy atom. The third-order valence-corrected chi connectivity index (χ3v) is 5.77. The summed E-state index contributed by atoms with van der Waals surface area (Å²) in [5, 5.41) is 3.17. The minimum atomic E-state index is -3.81. The van der Waals surface area contributed by atoms with Crippen molar-refractivity contribution in [2.45, 2.75) is 18.7 Å². The maximum atomic E-state index is 12.9. The van der Waals surface area contributed by atoms with Crippen molar-refractivity contribution in [2.75, 3.05) is 10.0 Å². The van der Waals surface area contributed by atoms with Crippen LogP contribution in [0.2, 0.25) is 0 Å². The molecule has 4 rings (SSSR count). The summed E-state index contributed by atoms with van der Waals surface area (Å²) in [5.74, 6) is 0.482. The zero-order valence-corrected chi connectivity index (χ0v) is 16.9. The standard InChI is InChI=1S/C22H20N4O2S/c1-15-8-11-18(12-9-15)29(27,28)26-22-21(23-17-6-4-3-5-7-17)25-20-14-16(2)10-13-19(20)24-22/h3-14H,1-2H3,(H,23,25)(H,24,26). The van der Waals surface area contributed by atoms with Crippen LogP contribution in [0.5, 0.6) is 0 Å². The number of hydrogen-bond donors (Lipinski definition) is 2. The smallest absolute Gasteiger partial charge is 0.263 e. The first-order chi connectivity index (χ1) is 13.9. The lowest BCUT2D eigenvalue weighted by molar-refractivity contribution is 0.601. The number of hydrogen-bond acceptors (Lipinski definition) is 5. The molecule has 0 spiro atoms. The largest absolute Gasteiger partial charge is 0.337 e. The molecule has 29 heavy (non-hydrogen) atoms. The molecule has 4 aromatic rings. The van der Waals surface area contributed by atoms with E-state index in [0.717, 1.165) is 16.8 Å². The summed E-state index contributed by atoms with van der Waals surface area (Å²) in [6, 6.07) is 21.7. The van der Waals surface area contributed by atoms with E-state index in [1.54, 1.807) is 24.3 Å². The zero-order chi connectivity index (χ0) is 20.4. The number of anilines is 3. The number of aromatic nitrogens is 2. The monoisotopic (exact) mass is 404 g/mol. The lowest BCUT2D eigenvalue weighted by Crippen LogP contribution is -2.16. The minimum Gasteiger partial charge on any atom is -0.337 e. The van der Waals surface area contributed by atoms with Crippen LogP contribution < -0.4 is 10.0 Å². The molecule has 7 heteroatoms. The topological polar surface area (TPSA) is 84.0 Å². The van der Waals surface area contributed by atoms with Crippen molar-refractivity contribution in [3.63, 3.8) is 0 Å². The van der Waals surface area contributed by atoms with Gasteiger partial charge in [0.05, 0.1) is 15.9 Å². The SMILES string of the molecule is Cc1ccc(S(=O)(=O)Nc2nc3ccc(C)cc3nc2Nc2ccccc2)cc1. The normalized spacial score (nSPS) is 11.4. The summed E-state index contributed by atoms with van der Waals surface area (Å²) in [6.45, 7) is 3.88. The Morgan fingerprint density at radius 1 is 0.724 bits per heavy atom. The maximum Gasteiger partial charge on any atom is 0.263 e. The van der Waals surface area contributed by atoms with Crippen molar-refractivity contribution >= 4 is 38.4 Å². The van der Waals surface area contributed by atoms with Gasteiger partial charge in [-0.25, -0.2) is 18.4 Å². The van der Waals surface area contributed by atoms with Gasteiger partial charge in [-0.05, 0) is 55.8 Å². The molecule has 0 bridgehead atoms. The van der Waals surface area contributed by atoms with E-state index in [1.807, 2.05) is 62.4 Å². The van der Waals surface area contributed by atoms with Gasteiger partial charge in [0.2, 0.25) is 0 Å². The average Bonchev–Trinajstić information content (AvgIpc) is 2.69. The second-order valence-electron chi connectivity index (χ2n) is 6.82. The fraction of sp³-hybridized carbons (Fsp3) is 0.0909. The number of benzene rings is 3. The summed E-state index contributed by atoms with van der Waals surface area (Å²) in [6.07, 6.45) is 0. The molecule has 3 aromatic carbocycles. The predicted molar refractivity (Wildman–Crippen MR) is 116 cm³/mol. The van der Waals surface area contributed by atoms with Crippen LogP contribution in [0.4, 0.5) is 17.3 Å². The quantitative estimate of drug-likeness (QED) is 0.500. The molecule has 0 saturated carbocycles. The van der Waals surface area contributed by atoms with Gasteiger partial charge < -0.3 is 5.32 Å². The zero-order valence-electron chi connectivity index (χ0n) is 16.0. The van der Waals surface area contributed by atoms with E-state index in [4.69, 9.17) is 0 Å². The Labute approximate surface area is 169 Å². The van der Waals surface area contributed by atoms with Gasteiger partial charge in [-0.3, -0.25) is 4.72 Å². The van der Waals surface area contributed by atoms with E-state index in [-0.39, 0.29) is 10.7 Å². The number of para-hydroxylation sites is 1. The van der Waals surface area contributed by atoms with Crippen LogP contribution in [0.15, 0.2) is 77.7 Å². The van der Waals surface area contributed by atoms with Crippen LogP contribution in [-0.2, 0) is 10.0 Å². The van der Waals surface area contributed by atoms with Gasteiger partial charge in [0.25, 0.3) is 10.0 Å². The summed E-state index contributed by atoms with van der Waals surface area (Å²) < 4.78 is 28.4. The molecule has 6 nitrogen and oxygen atoms in total. The second-order valence-corrected chi connectivity index (χ2v) is 8.50. The van der Waals surface area contributed by atoms with Gasteiger partial charge >= 0.3 is 0 Å². The molecule has 0 aliphatic heterocycles. The Kier molecular flexibility index (Phi) is 4.90. The third-order valence-electron chi connectivity index (χ3n) is 4.42. The van der Waals surface area contributed by atoms with Crippen molar-refractivity contribution in [2.24, 2.45) is 0 Å². The summed E-state index contributed by atoms with van der Waals surface area (Å²) >= 11 is 0. The number of sulfonamides is 1. The molecule has 0 radical (unpaired) electrons. The molecule has 0 aliphatic carbocycles. The van der Waals surface area contributed by atoms with Gasteiger partial charge in [0.15, 0.2) is 11.6 Å². The molecule has 0 saturated heterocycles. The number of nitrogens with one attached hydrogen (secondary N) is 2. The highest BCUT2D eigenvalue weighted by Gasteiger charge is 2.19. The molecule has 0 aliphatic rings. The number of nitrogens with zero attached hydrogens (tertiary/aromatic N) is 2. The first-order valence-corrected chi connectivity index (χ1v) is 10.6. The number of aryl methyl sites for hydroxylation is 2. The Hall–Kier alpha value is -3.45. The van der Waals surface area contributed by atoms with Gasteiger partial charge in [0.1, 0.15) is 0 Å². The highest BCUT2D eigenvalue weighted by molar-refractivity contribution is 7.92. The average molecular weight is 404 g/mol. The molecular weight excluding hydrogens is 384 g/mol.